The summed E-state index contributed by atoms with van der Waals surface area (Å²) in [6.45, 7) is 6.97. The third-order valence-electron chi connectivity index (χ3n) is 3.26. The lowest BCUT2D eigenvalue weighted by Gasteiger charge is -2.22. The number of hydrogen-bond acceptors (Lipinski definition) is 4. The number of benzene rings is 1. The van der Waals surface area contributed by atoms with Gasteiger partial charge in [0.15, 0.2) is 9.84 Å². The van der Waals surface area contributed by atoms with Gasteiger partial charge in [-0.1, -0.05) is 26.8 Å². The second kappa shape index (κ2) is 7.64. The molecule has 0 bridgehead atoms. The van der Waals surface area contributed by atoms with E-state index in [0.29, 0.717) is 10.6 Å². The lowest BCUT2D eigenvalue weighted by molar-refractivity contribution is 0.413. The zero-order valence-electron chi connectivity index (χ0n) is 12.7. The predicted molar refractivity (Wildman–Crippen MR) is 82.0 cm³/mol. The minimum Gasteiger partial charge on any atom is -0.497 e. The van der Waals surface area contributed by atoms with Crippen molar-refractivity contribution >= 4 is 9.84 Å². The van der Waals surface area contributed by atoms with Crippen LogP contribution in [0, 0.1) is 5.92 Å². The molecule has 114 valence electrons. The van der Waals surface area contributed by atoms with Crippen molar-refractivity contribution in [3.05, 3.63) is 24.3 Å². The fourth-order valence-electron chi connectivity index (χ4n) is 1.94. The van der Waals surface area contributed by atoms with Crippen molar-refractivity contribution < 1.29 is 13.2 Å². The van der Waals surface area contributed by atoms with E-state index in [1.54, 1.807) is 24.3 Å². The van der Waals surface area contributed by atoms with E-state index < -0.39 is 9.84 Å². The van der Waals surface area contributed by atoms with Crippen molar-refractivity contribution in [3.8, 4) is 5.75 Å². The van der Waals surface area contributed by atoms with Crippen molar-refractivity contribution in [2.24, 2.45) is 5.92 Å². The molecule has 4 nitrogen and oxygen atoms in total. The monoisotopic (exact) mass is 299 g/mol. The third kappa shape index (κ3) is 4.80. The highest BCUT2D eigenvalue weighted by molar-refractivity contribution is 7.91. The molecule has 1 atom stereocenters. The van der Waals surface area contributed by atoms with E-state index in [1.807, 2.05) is 13.8 Å². The molecule has 1 N–H and O–H groups in total. The van der Waals surface area contributed by atoms with Crippen molar-refractivity contribution in [1.82, 2.24) is 5.32 Å². The molecule has 0 aliphatic heterocycles. The minimum atomic E-state index is -3.31. The number of rotatable bonds is 8. The van der Waals surface area contributed by atoms with Gasteiger partial charge in [-0.05, 0) is 37.1 Å². The summed E-state index contributed by atoms with van der Waals surface area (Å²) in [4.78, 5) is 0.320. The first-order chi connectivity index (χ1) is 9.40. The fourth-order valence-corrected chi connectivity index (χ4v) is 3.69. The van der Waals surface area contributed by atoms with Gasteiger partial charge in [-0.3, -0.25) is 0 Å². The second-order valence-electron chi connectivity index (χ2n) is 5.27. The molecule has 0 saturated carbocycles. The maximum atomic E-state index is 12.5. The number of sulfone groups is 1. The highest BCUT2D eigenvalue weighted by Crippen LogP contribution is 2.20. The molecule has 1 aromatic rings. The van der Waals surface area contributed by atoms with Crippen molar-refractivity contribution in [3.63, 3.8) is 0 Å². The molecule has 0 saturated heterocycles. The molecule has 0 aliphatic carbocycles. The van der Waals surface area contributed by atoms with E-state index in [9.17, 15) is 8.42 Å². The zero-order valence-corrected chi connectivity index (χ0v) is 13.5. The van der Waals surface area contributed by atoms with Crippen molar-refractivity contribution in [2.75, 3.05) is 19.4 Å². The number of ether oxygens (including phenoxy) is 1. The number of methoxy groups -OCH3 is 1. The van der Waals surface area contributed by atoms with Crippen LogP contribution in [0.4, 0.5) is 0 Å². The van der Waals surface area contributed by atoms with E-state index in [0.717, 1.165) is 13.0 Å². The van der Waals surface area contributed by atoms with Crippen LogP contribution in [0.2, 0.25) is 0 Å². The summed E-state index contributed by atoms with van der Waals surface area (Å²) < 4.78 is 30.1. The first-order valence-corrected chi connectivity index (χ1v) is 8.66. The number of hydrogen-bond donors (Lipinski definition) is 1. The van der Waals surface area contributed by atoms with Crippen LogP contribution >= 0.6 is 0 Å². The van der Waals surface area contributed by atoms with E-state index in [2.05, 4.69) is 12.2 Å². The Morgan fingerprint density at radius 3 is 2.55 bits per heavy atom. The Hall–Kier alpha value is -1.07. The molecule has 1 unspecified atom stereocenters. The molecule has 0 radical (unpaired) electrons. The summed E-state index contributed by atoms with van der Waals surface area (Å²) in [6.07, 6.45) is 0.989. The van der Waals surface area contributed by atoms with Gasteiger partial charge in [0.25, 0.3) is 0 Å². The molecule has 20 heavy (non-hydrogen) atoms. The molecule has 0 fully saturated rings. The Labute approximate surface area is 122 Å². The van der Waals surface area contributed by atoms with Crippen LogP contribution in [-0.2, 0) is 9.84 Å². The van der Waals surface area contributed by atoms with Crippen molar-refractivity contribution in [1.29, 1.82) is 0 Å². The van der Waals surface area contributed by atoms with Crippen LogP contribution in [0.1, 0.15) is 27.2 Å². The first kappa shape index (κ1) is 17.0. The molecule has 0 heterocycles. The van der Waals surface area contributed by atoms with E-state index in [1.165, 1.54) is 7.11 Å². The fraction of sp³-hybridized carbons (Fsp3) is 0.600. The molecule has 0 amide bonds. The predicted octanol–water partition coefficient (Wildman–Crippen LogP) is 2.49. The summed E-state index contributed by atoms with van der Waals surface area (Å²) in [6, 6.07) is 6.61. The largest absolute Gasteiger partial charge is 0.497 e. The summed E-state index contributed by atoms with van der Waals surface area (Å²) >= 11 is 0. The average molecular weight is 299 g/mol. The zero-order chi connectivity index (χ0) is 15.2. The second-order valence-corrected chi connectivity index (χ2v) is 7.30. The van der Waals surface area contributed by atoms with E-state index in [-0.39, 0.29) is 17.7 Å². The molecule has 0 aliphatic rings. The summed E-state index contributed by atoms with van der Waals surface area (Å²) in [7, 11) is -1.78. The van der Waals surface area contributed by atoms with Gasteiger partial charge in [0.2, 0.25) is 0 Å². The van der Waals surface area contributed by atoms with Gasteiger partial charge < -0.3 is 10.1 Å². The quantitative estimate of drug-likeness (QED) is 0.801. The summed E-state index contributed by atoms with van der Waals surface area (Å²) in [5.74, 6) is 0.938. The Balaban J connectivity index is 2.91. The molecule has 1 rings (SSSR count). The van der Waals surface area contributed by atoms with Gasteiger partial charge in [-0.25, -0.2) is 8.42 Å². The van der Waals surface area contributed by atoms with Crippen LogP contribution in [0.3, 0.4) is 0 Å². The highest BCUT2D eigenvalue weighted by atomic mass is 32.2. The van der Waals surface area contributed by atoms with Crippen LogP contribution in [0.25, 0.3) is 0 Å². The topological polar surface area (TPSA) is 55.4 Å². The van der Waals surface area contributed by atoms with Gasteiger partial charge in [-0.2, -0.15) is 0 Å². The SMILES string of the molecule is CCCNC(CS(=O)(=O)c1cccc(OC)c1)C(C)C. The molecule has 0 aromatic heterocycles. The van der Waals surface area contributed by atoms with Crippen LogP contribution in [0.5, 0.6) is 5.75 Å². The van der Waals surface area contributed by atoms with Gasteiger partial charge >= 0.3 is 0 Å². The van der Waals surface area contributed by atoms with Gasteiger partial charge in [0, 0.05) is 6.04 Å². The normalized spacial score (nSPS) is 13.4. The Morgan fingerprint density at radius 1 is 1.30 bits per heavy atom. The van der Waals surface area contributed by atoms with Crippen LogP contribution in [0.15, 0.2) is 29.2 Å². The maximum Gasteiger partial charge on any atom is 0.180 e. The van der Waals surface area contributed by atoms with Gasteiger partial charge in [-0.15, -0.1) is 0 Å². The molecule has 1 aromatic carbocycles. The van der Waals surface area contributed by atoms with E-state index >= 15 is 0 Å². The maximum absolute atomic E-state index is 12.5. The smallest absolute Gasteiger partial charge is 0.180 e. The van der Waals surface area contributed by atoms with Gasteiger partial charge in [0.1, 0.15) is 5.75 Å². The van der Waals surface area contributed by atoms with Crippen molar-refractivity contribution in [2.45, 2.75) is 38.1 Å². The lowest BCUT2D eigenvalue weighted by atomic mass is 10.1. The highest BCUT2D eigenvalue weighted by Gasteiger charge is 2.23. The minimum absolute atomic E-state index is 0.0360. The van der Waals surface area contributed by atoms with Crippen LogP contribution < -0.4 is 10.1 Å². The van der Waals surface area contributed by atoms with Gasteiger partial charge in [0.05, 0.1) is 17.8 Å². The molecule has 5 heteroatoms. The standard InChI is InChI=1S/C15H25NO3S/c1-5-9-16-15(12(2)3)11-20(17,18)14-8-6-7-13(10-14)19-4/h6-8,10,12,15-16H,5,9,11H2,1-4H3. The Morgan fingerprint density at radius 2 is 2.00 bits per heavy atom. The van der Waals surface area contributed by atoms with E-state index in [4.69, 9.17) is 4.74 Å². The lowest BCUT2D eigenvalue weighted by Crippen LogP contribution is -2.40. The summed E-state index contributed by atoms with van der Waals surface area (Å²) in [5, 5.41) is 3.31. The van der Waals surface area contributed by atoms with Crippen LogP contribution in [-0.4, -0.2) is 33.9 Å². The average Bonchev–Trinajstić information content (AvgIpc) is 2.43. The molecular weight excluding hydrogens is 274 g/mol. The Bertz CT molecular complexity index is 512. The summed E-state index contributed by atoms with van der Waals surface area (Å²) in [5.41, 5.74) is 0. The molecular formula is C15H25NO3S. The Kier molecular flexibility index (Phi) is 6.49. The number of nitrogens with one attached hydrogen (secondary N) is 1. The first-order valence-electron chi connectivity index (χ1n) is 7.01. The third-order valence-corrected chi connectivity index (χ3v) is 5.03. The molecule has 0 spiro atoms.